The zero-order chi connectivity index (χ0) is 16.5. The van der Waals surface area contributed by atoms with Crippen LogP contribution in [0, 0.1) is 0 Å². The second-order valence-electron chi connectivity index (χ2n) is 6.69. The topological polar surface area (TPSA) is 69.6 Å². The lowest BCUT2D eigenvalue weighted by Gasteiger charge is -2.30. The molecular formula is C15H26N2O3S. The molecular weight excluding hydrogens is 288 g/mol. The second kappa shape index (κ2) is 6.04. The van der Waals surface area contributed by atoms with Gasteiger partial charge in [-0.3, -0.25) is 0 Å². The fourth-order valence-corrected chi connectivity index (χ4v) is 2.64. The third-order valence-corrected chi connectivity index (χ3v) is 5.05. The van der Waals surface area contributed by atoms with Gasteiger partial charge in [0, 0.05) is 26.2 Å². The van der Waals surface area contributed by atoms with Gasteiger partial charge < -0.3 is 10.4 Å². The third kappa shape index (κ3) is 4.78. The van der Waals surface area contributed by atoms with Crippen molar-refractivity contribution in [3.63, 3.8) is 0 Å². The zero-order valence-corrected chi connectivity index (χ0v) is 14.5. The summed E-state index contributed by atoms with van der Waals surface area (Å²) in [7, 11) is -0.453. The van der Waals surface area contributed by atoms with Crippen molar-refractivity contribution in [3.8, 4) is 0 Å². The average Bonchev–Trinajstić information content (AvgIpc) is 2.36. The largest absolute Gasteiger partial charge is 0.384 e. The maximum atomic E-state index is 12.0. The molecule has 0 bridgehead atoms. The van der Waals surface area contributed by atoms with Crippen LogP contribution in [0.25, 0.3) is 0 Å². The summed E-state index contributed by atoms with van der Waals surface area (Å²) in [5.74, 6) is 0. The lowest BCUT2D eigenvalue weighted by molar-refractivity contribution is 0.0501. The number of hydrogen-bond donors (Lipinski definition) is 2. The number of aliphatic hydroxyl groups is 1. The molecule has 0 fully saturated rings. The minimum absolute atomic E-state index is 0.0990. The molecule has 0 aliphatic rings. The summed E-state index contributed by atoms with van der Waals surface area (Å²) in [5, 5.41) is 13.8. The second-order valence-corrected chi connectivity index (χ2v) is 8.84. The van der Waals surface area contributed by atoms with E-state index in [1.54, 1.807) is 19.1 Å². The van der Waals surface area contributed by atoms with Crippen molar-refractivity contribution in [2.24, 2.45) is 0 Å². The number of nitrogens with one attached hydrogen (secondary N) is 1. The van der Waals surface area contributed by atoms with Gasteiger partial charge in [0.1, 0.15) is 0 Å². The maximum absolute atomic E-state index is 12.0. The number of nitrogens with zero attached hydrogens (tertiary/aromatic N) is 1. The Kier molecular flexibility index (Phi) is 5.21. The van der Waals surface area contributed by atoms with E-state index in [0.29, 0.717) is 12.1 Å². The van der Waals surface area contributed by atoms with E-state index in [9.17, 15) is 13.5 Å². The van der Waals surface area contributed by atoms with Gasteiger partial charge in [0.2, 0.25) is 10.0 Å². The number of β-amino-alcohol motifs (C(OH)–C–C–N with tert-alkyl or cyclic N) is 1. The molecule has 0 heterocycles. The molecule has 1 atom stereocenters. The van der Waals surface area contributed by atoms with Crippen LogP contribution in [0.5, 0.6) is 0 Å². The summed E-state index contributed by atoms with van der Waals surface area (Å²) in [6.07, 6.45) is 0. The molecule has 120 valence electrons. The molecule has 0 aliphatic carbocycles. The van der Waals surface area contributed by atoms with Gasteiger partial charge in [0.25, 0.3) is 0 Å². The highest BCUT2D eigenvalue weighted by Crippen LogP contribution is 2.23. The number of sulfonamides is 1. The molecule has 1 aromatic carbocycles. The standard InChI is InChI=1S/C15H26N2O3S/c1-14(2,3)16-11-15(4,18)12-7-9-13(10-8-12)21(19,20)17(5)6/h7-10,16,18H,11H2,1-6H3. The molecule has 1 unspecified atom stereocenters. The Balaban J connectivity index is 2.97. The maximum Gasteiger partial charge on any atom is 0.242 e. The highest BCUT2D eigenvalue weighted by molar-refractivity contribution is 7.89. The zero-order valence-electron chi connectivity index (χ0n) is 13.6. The first-order valence-electron chi connectivity index (χ1n) is 6.87. The minimum atomic E-state index is -3.44. The Labute approximate surface area is 128 Å². The van der Waals surface area contributed by atoms with Crippen molar-refractivity contribution in [1.82, 2.24) is 9.62 Å². The molecule has 0 spiro atoms. The molecule has 2 N–H and O–H groups in total. The number of benzene rings is 1. The van der Waals surface area contributed by atoms with Crippen LogP contribution in [0.2, 0.25) is 0 Å². The van der Waals surface area contributed by atoms with Crippen molar-refractivity contribution >= 4 is 10.0 Å². The van der Waals surface area contributed by atoms with E-state index in [4.69, 9.17) is 0 Å². The van der Waals surface area contributed by atoms with Gasteiger partial charge in [-0.2, -0.15) is 0 Å². The monoisotopic (exact) mass is 314 g/mol. The van der Waals surface area contributed by atoms with E-state index < -0.39 is 15.6 Å². The molecule has 0 radical (unpaired) electrons. The SMILES string of the molecule is CN(C)S(=O)(=O)c1ccc(C(C)(O)CNC(C)(C)C)cc1. The molecule has 0 aromatic heterocycles. The van der Waals surface area contributed by atoms with Gasteiger partial charge in [0.05, 0.1) is 10.5 Å². The van der Waals surface area contributed by atoms with E-state index >= 15 is 0 Å². The molecule has 21 heavy (non-hydrogen) atoms. The molecule has 6 heteroatoms. The fraction of sp³-hybridized carbons (Fsp3) is 0.600. The number of hydrogen-bond acceptors (Lipinski definition) is 4. The Morgan fingerprint density at radius 3 is 1.95 bits per heavy atom. The molecule has 0 amide bonds. The molecule has 0 saturated heterocycles. The smallest absolute Gasteiger partial charge is 0.242 e. The Bertz CT molecular complexity index is 570. The summed E-state index contributed by atoms with van der Waals surface area (Å²) < 4.78 is 25.2. The first kappa shape index (κ1) is 18.1. The van der Waals surface area contributed by atoms with E-state index in [1.165, 1.54) is 30.5 Å². The van der Waals surface area contributed by atoms with Crippen LogP contribution in [0.4, 0.5) is 0 Å². The van der Waals surface area contributed by atoms with Crippen LogP contribution in [0.15, 0.2) is 29.2 Å². The van der Waals surface area contributed by atoms with E-state index in [0.717, 1.165) is 0 Å². The summed E-state index contributed by atoms with van der Waals surface area (Å²) in [5.41, 5.74) is -0.483. The average molecular weight is 314 g/mol. The third-order valence-electron chi connectivity index (χ3n) is 3.22. The first-order valence-corrected chi connectivity index (χ1v) is 8.31. The minimum Gasteiger partial charge on any atom is -0.384 e. The van der Waals surface area contributed by atoms with E-state index in [1.807, 2.05) is 20.8 Å². The van der Waals surface area contributed by atoms with Crippen LogP contribution >= 0.6 is 0 Å². The first-order chi connectivity index (χ1) is 9.36. The fourth-order valence-electron chi connectivity index (χ4n) is 1.74. The highest BCUT2D eigenvalue weighted by Gasteiger charge is 2.26. The predicted molar refractivity (Wildman–Crippen MR) is 84.6 cm³/mol. The Morgan fingerprint density at radius 2 is 1.57 bits per heavy atom. The lowest BCUT2D eigenvalue weighted by Crippen LogP contribution is -2.44. The summed E-state index contributed by atoms with van der Waals surface area (Å²) in [4.78, 5) is 0.218. The van der Waals surface area contributed by atoms with Gasteiger partial charge >= 0.3 is 0 Å². The van der Waals surface area contributed by atoms with Crippen LogP contribution < -0.4 is 5.32 Å². The highest BCUT2D eigenvalue weighted by atomic mass is 32.2. The quantitative estimate of drug-likeness (QED) is 0.865. The summed E-state index contributed by atoms with van der Waals surface area (Å²) >= 11 is 0. The Morgan fingerprint density at radius 1 is 1.10 bits per heavy atom. The van der Waals surface area contributed by atoms with Gasteiger partial charge in [-0.25, -0.2) is 12.7 Å². The Hall–Kier alpha value is -0.950. The van der Waals surface area contributed by atoms with Crippen LogP contribution in [-0.2, 0) is 15.6 Å². The summed E-state index contributed by atoms with van der Waals surface area (Å²) in [6, 6.07) is 6.36. The van der Waals surface area contributed by atoms with Gasteiger partial charge in [-0.1, -0.05) is 12.1 Å². The van der Waals surface area contributed by atoms with Crippen LogP contribution in [-0.4, -0.2) is 44.0 Å². The van der Waals surface area contributed by atoms with Crippen molar-refractivity contribution in [2.45, 2.75) is 43.7 Å². The molecule has 0 saturated carbocycles. The summed E-state index contributed by atoms with van der Waals surface area (Å²) in [6.45, 7) is 8.17. The van der Waals surface area contributed by atoms with Gasteiger partial charge in [-0.15, -0.1) is 0 Å². The van der Waals surface area contributed by atoms with Crippen molar-refractivity contribution < 1.29 is 13.5 Å². The number of rotatable bonds is 5. The molecule has 5 nitrogen and oxygen atoms in total. The van der Waals surface area contributed by atoms with Crippen molar-refractivity contribution in [3.05, 3.63) is 29.8 Å². The molecule has 1 rings (SSSR count). The predicted octanol–water partition coefficient (Wildman–Crippen LogP) is 1.53. The van der Waals surface area contributed by atoms with Gasteiger partial charge in [0.15, 0.2) is 0 Å². The molecule has 0 aliphatic heterocycles. The van der Waals surface area contributed by atoms with Crippen molar-refractivity contribution in [1.29, 1.82) is 0 Å². The van der Waals surface area contributed by atoms with Gasteiger partial charge in [-0.05, 0) is 45.4 Å². The lowest BCUT2D eigenvalue weighted by atomic mass is 9.95. The van der Waals surface area contributed by atoms with E-state index in [-0.39, 0.29) is 10.4 Å². The normalized spacial score (nSPS) is 16.0. The van der Waals surface area contributed by atoms with Crippen LogP contribution in [0.1, 0.15) is 33.3 Å². The van der Waals surface area contributed by atoms with Crippen molar-refractivity contribution in [2.75, 3.05) is 20.6 Å². The van der Waals surface area contributed by atoms with E-state index in [2.05, 4.69) is 5.32 Å². The molecule has 1 aromatic rings. The van der Waals surface area contributed by atoms with Crippen LogP contribution in [0.3, 0.4) is 0 Å².